The fourth-order valence-corrected chi connectivity index (χ4v) is 3.31. The molecule has 1 unspecified atom stereocenters. The molecule has 0 radical (unpaired) electrons. The van der Waals surface area contributed by atoms with E-state index in [0.717, 1.165) is 17.0 Å². The molecule has 0 saturated carbocycles. The molecular formula is C12H10BrClS. The molecule has 15 heavy (non-hydrogen) atoms. The van der Waals surface area contributed by atoms with Crippen molar-refractivity contribution in [3.63, 3.8) is 0 Å². The molecule has 1 aromatic carbocycles. The first kappa shape index (κ1) is 11.2. The van der Waals surface area contributed by atoms with Crippen LogP contribution in [0.2, 0.25) is 5.02 Å². The molecule has 1 atom stereocenters. The highest BCUT2D eigenvalue weighted by Gasteiger charge is 2.11. The Kier molecular flexibility index (Phi) is 3.84. The van der Waals surface area contributed by atoms with Crippen molar-refractivity contribution in [1.29, 1.82) is 0 Å². The smallest absolute Gasteiger partial charge is 0.0450 e. The van der Waals surface area contributed by atoms with E-state index >= 15 is 0 Å². The summed E-state index contributed by atoms with van der Waals surface area (Å²) in [5.74, 6) is 0. The summed E-state index contributed by atoms with van der Waals surface area (Å²) in [6.45, 7) is 0. The molecule has 0 amide bonds. The van der Waals surface area contributed by atoms with E-state index in [1.54, 1.807) is 11.3 Å². The SMILES string of the molecule is Clc1ccccc1C(Br)Cc1ccsc1. The maximum absolute atomic E-state index is 6.13. The summed E-state index contributed by atoms with van der Waals surface area (Å²) in [7, 11) is 0. The highest BCUT2D eigenvalue weighted by molar-refractivity contribution is 9.09. The number of thiophene rings is 1. The minimum atomic E-state index is 0.292. The van der Waals surface area contributed by atoms with Crippen LogP contribution in [-0.4, -0.2) is 0 Å². The lowest BCUT2D eigenvalue weighted by molar-refractivity contribution is 0.955. The molecule has 0 aliphatic carbocycles. The Bertz CT molecular complexity index is 425. The second kappa shape index (κ2) is 5.15. The van der Waals surface area contributed by atoms with E-state index in [0.29, 0.717) is 4.83 Å². The van der Waals surface area contributed by atoms with Gasteiger partial charge in [0.05, 0.1) is 0 Å². The summed E-state index contributed by atoms with van der Waals surface area (Å²) in [5.41, 5.74) is 2.51. The number of hydrogen-bond acceptors (Lipinski definition) is 1. The monoisotopic (exact) mass is 300 g/mol. The molecule has 0 fully saturated rings. The van der Waals surface area contributed by atoms with E-state index in [1.165, 1.54) is 5.56 Å². The summed E-state index contributed by atoms with van der Waals surface area (Å²) < 4.78 is 0. The predicted molar refractivity (Wildman–Crippen MR) is 71.1 cm³/mol. The van der Waals surface area contributed by atoms with Crippen molar-refractivity contribution in [3.8, 4) is 0 Å². The second-order valence-electron chi connectivity index (χ2n) is 3.32. The molecule has 0 bridgehead atoms. The number of alkyl halides is 1. The summed E-state index contributed by atoms with van der Waals surface area (Å²) in [6.07, 6.45) is 0.979. The fraction of sp³-hybridized carbons (Fsp3) is 0.167. The molecule has 2 rings (SSSR count). The van der Waals surface area contributed by atoms with Gasteiger partial charge in [0.1, 0.15) is 0 Å². The lowest BCUT2D eigenvalue weighted by Crippen LogP contribution is -1.94. The normalized spacial score (nSPS) is 12.7. The third kappa shape index (κ3) is 2.83. The van der Waals surface area contributed by atoms with Crippen LogP contribution >= 0.6 is 38.9 Å². The third-order valence-electron chi connectivity index (χ3n) is 2.24. The molecule has 3 heteroatoms. The molecule has 2 aromatic rings. The topological polar surface area (TPSA) is 0 Å². The van der Waals surface area contributed by atoms with Crippen molar-refractivity contribution in [2.24, 2.45) is 0 Å². The van der Waals surface area contributed by atoms with Gasteiger partial charge in [0.2, 0.25) is 0 Å². The average Bonchev–Trinajstić information content (AvgIpc) is 2.71. The first-order chi connectivity index (χ1) is 7.27. The van der Waals surface area contributed by atoms with Crippen LogP contribution in [0.15, 0.2) is 41.1 Å². The molecule has 0 nitrogen and oxygen atoms in total. The Morgan fingerprint density at radius 3 is 2.73 bits per heavy atom. The molecule has 1 aromatic heterocycles. The van der Waals surface area contributed by atoms with Gasteiger partial charge in [-0.3, -0.25) is 0 Å². The molecule has 0 aliphatic rings. The van der Waals surface area contributed by atoms with Crippen LogP contribution in [0, 0.1) is 0 Å². The summed E-state index contributed by atoms with van der Waals surface area (Å²) in [5, 5.41) is 5.10. The van der Waals surface area contributed by atoms with Gasteiger partial charge < -0.3 is 0 Å². The molecule has 0 saturated heterocycles. The van der Waals surface area contributed by atoms with Crippen LogP contribution in [0.25, 0.3) is 0 Å². The van der Waals surface area contributed by atoms with Gasteiger partial charge >= 0.3 is 0 Å². The van der Waals surface area contributed by atoms with Gasteiger partial charge in [-0.2, -0.15) is 11.3 Å². The maximum atomic E-state index is 6.13. The summed E-state index contributed by atoms with van der Waals surface area (Å²) >= 11 is 11.5. The first-order valence-corrected chi connectivity index (χ1v) is 6.90. The Balaban J connectivity index is 2.15. The van der Waals surface area contributed by atoms with Crippen molar-refractivity contribution < 1.29 is 0 Å². The van der Waals surface area contributed by atoms with Crippen LogP contribution < -0.4 is 0 Å². The quantitative estimate of drug-likeness (QED) is 0.694. The van der Waals surface area contributed by atoms with Crippen LogP contribution in [-0.2, 0) is 6.42 Å². The van der Waals surface area contributed by atoms with Gasteiger partial charge in [0.25, 0.3) is 0 Å². The summed E-state index contributed by atoms with van der Waals surface area (Å²) in [6, 6.07) is 10.1. The molecule has 0 aliphatic heterocycles. The van der Waals surface area contributed by atoms with Gasteiger partial charge in [0, 0.05) is 9.85 Å². The van der Waals surface area contributed by atoms with Crippen LogP contribution in [0.1, 0.15) is 16.0 Å². The van der Waals surface area contributed by atoms with Crippen LogP contribution in [0.4, 0.5) is 0 Å². The zero-order chi connectivity index (χ0) is 10.7. The predicted octanol–water partition coefficient (Wildman–Crippen LogP) is 5.08. The number of hydrogen-bond donors (Lipinski definition) is 0. The van der Waals surface area contributed by atoms with Gasteiger partial charge in [-0.05, 0) is 40.4 Å². The third-order valence-corrected chi connectivity index (χ3v) is 4.13. The molecular weight excluding hydrogens is 292 g/mol. The first-order valence-electron chi connectivity index (χ1n) is 4.67. The van der Waals surface area contributed by atoms with Crippen molar-refractivity contribution in [3.05, 3.63) is 57.2 Å². The van der Waals surface area contributed by atoms with Crippen molar-refractivity contribution in [1.82, 2.24) is 0 Å². The van der Waals surface area contributed by atoms with E-state index in [9.17, 15) is 0 Å². The molecule has 78 valence electrons. The van der Waals surface area contributed by atoms with Gasteiger partial charge in [-0.15, -0.1) is 0 Å². The van der Waals surface area contributed by atoms with Crippen LogP contribution in [0.5, 0.6) is 0 Å². The van der Waals surface area contributed by atoms with Gasteiger partial charge in [-0.1, -0.05) is 45.7 Å². The van der Waals surface area contributed by atoms with Crippen LogP contribution in [0.3, 0.4) is 0 Å². The molecule has 1 heterocycles. The van der Waals surface area contributed by atoms with E-state index in [4.69, 9.17) is 11.6 Å². The van der Waals surface area contributed by atoms with Gasteiger partial charge in [-0.25, -0.2) is 0 Å². The fourth-order valence-electron chi connectivity index (χ4n) is 1.45. The Hall–Kier alpha value is -0.310. The maximum Gasteiger partial charge on any atom is 0.0450 e. The number of halogens is 2. The van der Waals surface area contributed by atoms with E-state index in [1.807, 2.05) is 18.2 Å². The number of benzene rings is 1. The standard InChI is InChI=1S/C12H10BrClS/c13-11(7-9-5-6-15-8-9)10-3-1-2-4-12(10)14/h1-6,8,11H,7H2. The second-order valence-corrected chi connectivity index (χ2v) is 5.62. The highest BCUT2D eigenvalue weighted by Crippen LogP contribution is 2.32. The zero-order valence-corrected chi connectivity index (χ0v) is 11.1. The lowest BCUT2D eigenvalue weighted by Gasteiger charge is -2.10. The Labute approximate surface area is 107 Å². The van der Waals surface area contributed by atoms with Crippen molar-refractivity contribution >= 4 is 38.9 Å². The zero-order valence-electron chi connectivity index (χ0n) is 7.99. The Morgan fingerprint density at radius 2 is 2.07 bits per heavy atom. The van der Waals surface area contributed by atoms with Gasteiger partial charge in [0.15, 0.2) is 0 Å². The average molecular weight is 302 g/mol. The van der Waals surface area contributed by atoms with Crippen molar-refractivity contribution in [2.45, 2.75) is 11.2 Å². The molecule has 0 spiro atoms. The highest BCUT2D eigenvalue weighted by atomic mass is 79.9. The van der Waals surface area contributed by atoms with E-state index in [2.05, 4.69) is 38.8 Å². The van der Waals surface area contributed by atoms with Crippen molar-refractivity contribution in [2.75, 3.05) is 0 Å². The lowest BCUT2D eigenvalue weighted by atomic mass is 10.1. The largest absolute Gasteiger partial charge is 0.152 e. The number of rotatable bonds is 3. The minimum absolute atomic E-state index is 0.292. The Morgan fingerprint density at radius 1 is 1.27 bits per heavy atom. The molecule has 0 N–H and O–H groups in total. The van der Waals surface area contributed by atoms with E-state index < -0.39 is 0 Å². The van der Waals surface area contributed by atoms with E-state index in [-0.39, 0.29) is 0 Å². The summed E-state index contributed by atoms with van der Waals surface area (Å²) in [4.78, 5) is 0.292. The minimum Gasteiger partial charge on any atom is -0.152 e.